The fraction of sp³-hybridized carbons (Fsp3) is 0.560. The van der Waals surface area contributed by atoms with Crippen LogP contribution in [0.5, 0.6) is 5.88 Å². The molecule has 0 aliphatic carbocycles. The Bertz CT molecular complexity index is 917. The van der Waals surface area contributed by atoms with Crippen LogP contribution >= 0.6 is 11.7 Å². The number of ether oxygens (including phenoxy) is 2. The van der Waals surface area contributed by atoms with Crippen LogP contribution in [-0.2, 0) is 16.0 Å². The molecule has 0 amide bonds. The van der Waals surface area contributed by atoms with Gasteiger partial charge in [0, 0.05) is 18.9 Å². The molecule has 3 rings (SSSR count). The lowest BCUT2D eigenvalue weighted by Gasteiger charge is -2.41. The van der Waals surface area contributed by atoms with E-state index in [2.05, 4.69) is 28.8 Å². The highest BCUT2D eigenvalue weighted by atomic mass is 32.1. The predicted molar refractivity (Wildman–Crippen MR) is 132 cm³/mol. The van der Waals surface area contributed by atoms with E-state index in [1.807, 2.05) is 37.3 Å². The molecule has 0 fully saturated rings. The van der Waals surface area contributed by atoms with Gasteiger partial charge in [0.05, 0.1) is 31.9 Å². The number of carbonyl (C=O) groups excluding carboxylic acids is 1. The third kappa shape index (κ3) is 7.09. The van der Waals surface area contributed by atoms with E-state index < -0.39 is 6.04 Å². The van der Waals surface area contributed by atoms with Crippen molar-refractivity contribution in [2.75, 3.05) is 26.7 Å². The monoisotopic (exact) mass is 473 g/mol. The largest absolute Gasteiger partial charge is 0.475 e. The second-order valence-corrected chi connectivity index (χ2v) is 9.57. The summed E-state index contributed by atoms with van der Waals surface area (Å²) in [4.78, 5) is 12.7. The summed E-state index contributed by atoms with van der Waals surface area (Å²) in [6.07, 6.45) is 7.82. The maximum atomic E-state index is 12.7. The summed E-state index contributed by atoms with van der Waals surface area (Å²) in [6.45, 7) is 6.37. The van der Waals surface area contributed by atoms with Crippen LogP contribution in [0.2, 0.25) is 0 Å². The van der Waals surface area contributed by atoms with Gasteiger partial charge in [-0.1, -0.05) is 62.6 Å². The van der Waals surface area contributed by atoms with Crippen LogP contribution < -0.4 is 10.5 Å². The van der Waals surface area contributed by atoms with Crippen molar-refractivity contribution in [2.24, 2.45) is 5.73 Å². The minimum atomic E-state index is -0.684. The van der Waals surface area contributed by atoms with E-state index in [1.54, 1.807) is 0 Å². The number of hydrogen-bond acceptors (Lipinski definition) is 7. The van der Waals surface area contributed by atoms with Crippen molar-refractivity contribution >= 4 is 23.3 Å². The Morgan fingerprint density at radius 1 is 1.21 bits per heavy atom. The normalized spacial score (nSPS) is 20.1. The second-order valence-electron chi connectivity index (χ2n) is 9.04. The number of carbonyl (C=O) groups is 1. The number of likely N-dealkylation sites (N-methyl/N-ethyl adjacent to an activating group) is 1. The fourth-order valence-corrected chi connectivity index (χ4v) is 4.58. The molecule has 33 heavy (non-hydrogen) atoms. The molecule has 1 aliphatic heterocycles. The molecule has 2 aromatic rings. The minimum absolute atomic E-state index is 0.326. The highest BCUT2D eigenvalue weighted by Crippen LogP contribution is 2.31. The third-order valence-corrected chi connectivity index (χ3v) is 6.84. The van der Waals surface area contributed by atoms with Crippen LogP contribution in [0.15, 0.2) is 36.4 Å². The van der Waals surface area contributed by atoms with E-state index in [9.17, 15) is 4.79 Å². The summed E-state index contributed by atoms with van der Waals surface area (Å²) < 4.78 is 21.2. The molecular formula is C25H37N4O3S+. The minimum Gasteiger partial charge on any atom is -0.475 e. The molecule has 1 unspecified atom stereocenters. The molecule has 0 bridgehead atoms. The lowest BCUT2D eigenvalue weighted by molar-refractivity contribution is -0.944. The van der Waals surface area contributed by atoms with Gasteiger partial charge in [0.1, 0.15) is 18.3 Å². The van der Waals surface area contributed by atoms with E-state index in [0.717, 1.165) is 42.6 Å². The van der Waals surface area contributed by atoms with Gasteiger partial charge in [-0.05, 0) is 18.4 Å². The Morgan fingerprint density at radius 2 is 2.00 bits per heavy atom. The van der Waals surface area contributed by atoms with Crippen molar-refractivity contribution in [3.8, 4) is 5.88 Å². The lowest BCUT2D eigenvalue weighted by atomic mass is 10.0. The van der Waals surface area contributed by atoms with Gasteiger partial charge < -0.3 is 15.2 Å². The zero-order valence-corrected chi connectivity index (χ0v) is 20.9. The van der Waals surface area contributed by atoms with E-state index >= 15 is 0 Å². The highest BCUT2D eigenvalue weighted by molar-refractivity contribution is 6.99. The van der Waals surface area contributed by atoms with Crippen molar-refractivity contribution in [3.05, 3.63) is 47.7 Å². The molecule has 1 aromatic carbocycles. The Labute approximate surface area is 201 Å². The number of rotatable bonds is 12. The van der Waals surface area contributed by atoms with Crippen molar-refractivity contribution in [1.82, 2.24) is 8.75 Å². The topological polar surface area (TPSA) is 87.3 Å². The first-order chi connectivity index (χ1) is 15.9. The molecular weight excluding hydrogens is 436 g/mol. The molecule has 0 spiro atoms. The summed E-state index contributed by atoms with van der Waals surface area (Å²) in [5, 5.41) is 0. The average molecular weight is 474 g/mol. The maximum Gasteiger partial charge on any atom is 0.327 e. The average Bonchev–Trinajstić information content (AvgIpc) is 3.28. The van der Waals surface area contributed by atoms with E-state index in [-0.39, 0.29) is 12.2 Å². The number of quaternary nitrogens is 1. The number of benzene rings is 1. The van der Waals surface area contributed by atoms with Crippen molar-refractivity contribution < 1.29 is 18.8 Å². The van der Waals surface area contributed by atoms with Gasteiger partial charge >= 0.3 is 5.97 Å². The molecule has 180 valence electrons. The van der Waals surface area contributed by atoms with Crippen LogP contribution in [0.3, 0.4) is 0 Å². The van der Waals surface area contributed by atoms with Crippen molar-refractivity contribution in [2.45, 2.75) is 64.6 Å². The number of unbranched alkanes of at least 4 members (excludes halogenated alkanes) is 3. The molecule has 3 atom stereocenters. The smallest absolute Gasteiger partial charge is 0.327 e. The molecule has 2 N–H and O–H groups in total. The van der Waals surface area contributed by atoms with Crippen LogP contribution in [0.25, 0.3) is 5.57 Å². The number of nitrogens with zero attached hydrogens (tertiary/aromatic N) is 3. The molecule has 7 nitrogen and oxygen atoms in total. The number of hydrogen-bond donors (Lipinski definition) is 1. The molecule has 0 radical (unpaired) electrons. The number of esters is 1. The van der Waals surface area contributed by atoms with Gasteiger partial charge in [0.25, 0.3) is 5.88 Å². The van der Waals surface area contributed by atoms with Crippen LogP contribution in [0.4, 0.5) is 0 Å². The standard InChI is InChI=1S/C25H37N4O3S/c1-4-5-6-10-16-31-24-23(27-33-28-24)21-14-11-15-29(3,18-21)19(2)32-25(30)22(26)17-20-12-8-7-9-13-20/h7-9,12-14,19,22H,4-6,10-11,15-18,26H2,1-3H3/q+1/t19-,22-,29?/m0/s1. The first-order valence-electron chi connectivity index (χ1n) is 11.9. The van der Waals surface area contributed by atoms with Crippen LogP contribution in [-0.4, -0.2) is 58.2 Å². The predicted octanol–water partition coefficient (Wildman–Crippen LogP) is 4.19. The van der Waals surface area contributed by atoms with Gasteiger partial charge in [0.2, 0.25) is 6.23 Å². The van der Waals surface area contributed by atoms with Gasteiger partial charge in [-0.15, -0.1) is 4.37 Å². The summed E-state index contributed by atoms with van der Waals surface area (Å²) in [7, 11) is 2.11. The number of nitrogens with two attached hydrogens (primary N) is 1. The summed E-state index contributed by atoms with van der Waals surface area (Å²) in [5.74, 6) is 0.249. The molecule has 0 saturated heterocycles. The van der Waals surface area contributed by atoms with Crippen LogP contribution in [0.1, 0.15) is 57.2 Å². The fourth-order valence-electron chi connectivity index (χ4n) is 4.05. The molecule has 1 aromatic heterocycles. The SMILES string of the molecule is CCCCCCOc1nsnc1C1=CCC[N+](C)([C@H](C)OC(=O)[C@@H](N)Cc2ccccc2)C1. The maximum absolute atomic E-state index is 12.7. The lowest BCUT2D eigenvalue weighted by Crippen LogP contribution is -2.56. The van der Waals surface area contributed by atoms with Gasteiger partial charge in [-0.3, -0.25) is 9.28 Å². The molecule has 2 heterocycles. The Kier molecular flexibility index (Phi) is 9.41. The number of aromatic nitrogens is 2. The molecule has 1 aliphatic rings. The Morgan fingerprint density at radius 3 is 2.76 bits per heavy atom. The van der Waals surface area contributed by atoms with Gasteiger partial charge in [-0.25, -0.2) is 0 Å². The first-order valence-corrected chi connectivity index (χ1v) is 12.6. The summed E-state index contributed by atoms with van der Waals surface area (Å²) >= 11 is 1.18. The zero-order chi connectivity index (χ0) is 23.7. The zero-order valence-electron chi connectivity index (χ0n) is 20.0. The molecule has 0 saturated carbocycles. The summed E-state index contributed by atoms with van der Waals surface area (Å²) in [5.41, 5.74) is 9.08. The van der Waals surface area contributed by atoms with Gasteiger partial charge in [-0.2, -0.15) is 4.37 Å². The first kappa shape index (κ1) is 25.3. The van der Waals surface area contributed by atoms with Crippen LogP contribution in [0, 0.1) is 0 Å². The summed E-state index contributed by atoms with van der Waals surface area (Å²) in [6, 6.07) is 9.09. The van der Waals surface area contributed by atoms with Crippen molar-refractivity contribution in [1.29, 1.82) is 0 Å². The Balaban J connectivity index is 1.57. The third-order valence-electron chi connectivity index (χ3n) is 6.33. The van der Waals surface area contributed by atoms with Crippen molar-refractivity contribution in [3.63, 3.8) is 0 Å². The van der Waals surface area contributed by atoms with E-state index in [1.165, 1.54) is 24.6 Å². The van der Waals surface area contributed by atoms with E-state index in [4.69, 9.17) is 15.2 Å². The van der Waals surface area contributed by atoms with Gasteiger partial charge in [0.15, 0.2) is 0 Å². The quantitative estimate of drug-likeness (QED) is 0.283. The Hall–Kier alpha value is -2.29. The highest BCUT2D eigenvalue weighted by Gasteiger charge is 2.37. The van der Waals surface area contributed by atoms with E-state index in [0.29, 0.717) is 29.9 Å². The second kappa shape index (κ2) is 12.3. The molecule has 8 heteroatoms.